The molecule has 2 rings (SSSR count). The van der Waals surface area contributed by atoms with E-state index in [1.54, 1.807) is 0 Å². The van der Waals surface area contributed by atoms with Crippen LogP contribution in [-0.4, -0.2) is 26.7 Å². The molecule has 1 aliphatic heterocycles. The van der Waals surface area contributed by atoms with Gasteiger partial charge in [0.05, 0.1) is 12.1 Å². The zero-order valence-corrected chi connectivity index (χ0v) is 13.8. The fourth-order valence-electron chi connectivity index (χ4n) is 2.54. The van der Waals surface area contributed by atoms with Gasteiger partial charge >= 0.3 is 0 Å². The fourth-order valence-corrected chi connectivity index (χ4v) is 2.54. The number of amides is 1. The van der Waals surface area contributed by atoms with Gasteiger partial charge in [-0.25, -0.2) is 0 Å². The zero-order chi connectivity index (χ0) is 14.7. The molecule has 0 saturated heterocycles. The second-order valence-corrected chi connectivity index (χ2v) is 5.72. The van der Waals surface area contributed by atoms with Crippen molar-refractivity contribution in [3.8, 4) is 0 Å². The summed E-state index contributed by atoms with van der Waals surface area (Å²) in [6, 6.07) is -0.622. The van der Waals surface area contributed by atoms with Crippen LogP contribution in [-0.2, 0) is 17.8 Å². The number of halogens is 1. The number of carbonyl (C=O) groups is 1. The van der Waals surface area contributed by atoms with E-state index in [0.717, 1.165) is 43.9 Å². The van der Waals surface area contributed by atoms with Crippen LogP contribution in [0.1, 0.15) is 57.7 Å². The number of rotatable bonds is 5. The molecular weight excluding hydrogens is 290 g/mol. The van der Waals surface area contributed by atoms with Gasteiger partial charge in [-0.1, -0.05) is 20.3 Å². The van der Waals surface area contributed by atoms with Gasteiger partial charge in [0.25, 0.3) is 0 Å². The molecule has 1 aromatic rings. The molecule has 0 aromatic carbocycles. The smallest absolute Gasteiger partial charge is 0.237 e. The van der Waals surface area contributed by atoms with E-state index in [4.69, 9.17) is 5.73 Å². The summed E-state index contributed by atoms with van der Waals surface area (Å²) in [6.45, 7) is 6.91. The zero-order valence-electron chi connectivity index (χ0n) is 13.0. The van der Waals surface area contributed by atoms with E-state index in [2.05, 4.69) is 20.1 Å². The Bertz CT molecular complexity index is 476. The average molecular weight is 316 g/mol. The predicted molar refractivity (Wildman–Crippen MR) is 84.2 cm³/mol. The summed E-state index contributed by atoms with van der Waals surface area (Å²) >= 11 is 0. The van der Waals surface area contributed by atoms with Crippen LogP contribution in [0.25, 0.3) is 0 Å². The first-order chi connectivity index (χ1) is 9.54. The van der Waals surface area contributed by atoms with Crippen molar-refractivity contribution in [2.75, 3.05) is 0 Å². The van der Waals surface area contributed by atoms with Crippen molar-refractivity contribution in [3.63, 3.8) is 0 Å². The molecule has 0 fully saturated rings. The van der Waals surface area contributed by atoms with E-state index < -0.39 is 6.04 Å². The van der Waals surface area contributed by atoms with E-state index in [0.29, 0.717) is 0 Å². The molecule has 120 valence electrons. The van der Waals surface area contributed by atoms with Crippen LogP contribution in [0, 0.1) is 5.92 Å². The fraction of sp³-hybridized carbons (Fsp3) is 0.786. The van der Waals surface area contributed by atoms with Gasteiger partial charge in [0.1, 0.15) is 5.82 Å². The summed E-state index contributed by atoms with van der Waals surface area (Å²) in [6.07, 6.45) is 4.17. The van der Waals surface area contributed by atoms with Crippen LogP contribution in [0.5, 0.6) is 0 Å². The van der Waals surface area contributed by atoms with Gasteiger partial charge in [0.15, 0.2) is 5.82 Å². The highest BCUT2D eigenvalue weighted by molar-refractivity contribution is 5.85. The van der Waals surface area contributed by atoms with Crippen molar-refractivity contribution in [1.29, 1.82) is 0 Å². The molecular formula is C14H26ClN5O. The number of hydrogen-bond donors (Lipinski definition) is 2. The van der Waals surface area contributed by atoms with E-state index >= 15 is 0 Å². The summed E-state index contributed by atoms with van der Waals surface area (Å²) in [5.74, 6) is 1.93. The predicted octanol–water partition coefficient (Wildman–Crippen LogP) is 1.59. The molecule has 3 N–H and O–H groups in total. The van der Waals surface area contributed by atoms with Crippen molar-refractivity contribution in [1.82, 2.24) is 20.1 Å². The minimum absolute atomic E-state index is 0. The maximum Gasteiger partial charge on any atom is 0.237 e. The summed E-state index contributed by atoms with van der Waals surface area (Å²) in [5, 5.41) is 11.4. The number of nitrogens with zero attached hydrogens (tertiary/aromatic N) is 3. The number of nitrogens with two attached hydrogens (primary N) is 1. The molecule has 6 nitrogen and oxygen atoms in total. The third-order valence-corrected chi connectivity index (χ3v) is 4.19. The van der Waals surface area contributed by atoms with Gasteiger partial charge < -0.3 is 15.6 Å². The first kappa shape index (κ1) is 17.9. The Morgan fingerprint density at radius 2 is 2.10 bits per heavy atom. The lowest BCUT2D eigenvalue weighted by molar-refractivity contribution is -0.124. The van der Waals surface area contributed by atoms with Crippen LogP contribution in [0.4, 0.5) is 0 Å². The Hall–Kier alpha value is -1.14. The van der Waals surface area contributed by atoms with Crippen LogP contribution in [0.2, 0.25) is 0 Å². The van der Waals surface area contributed by atoms with Gasteiger partial charge in [0.2, 0.25) is 5.91 Å². The van der Waals surface area contributed by atoms with Crippen molar-refractivity contribution >= 4 is 18.3 Å². The minimum Gasteiger partial charge on any atom is -0.345 e. The second-order valence-electron chi connectivity index (χ2n) is 5.72. The highest BCUT2D eigenvalue weighted by atomic mass is 35.5. The Balaban J connectivity index is 0.00000220. The van der Waals surface area contributed by atoms with Crippen molar-refractivity contribution in [2.24, 2.45) is 11.7 Å². The lowest BCUT2D eigenvalue weighted by Crippen LogP contribution is -2.45. The third-order valence-electron chi connectivity index (χ3n) is 4.19. The lowest BCUT2D eigenvalue weighted by Gasteiger charge is -2.22. The normalized spacial score (nSPS) is 18.1. The maximum absolute atomic E-state index is 12.1. The second kappa shape index (κ2) is 7.75. The van der Waals surface area contributed by atoms with E-state index in [1.807, 2.05) is 20.8 Å². The van der Waals surface area contributed by atoms with Gasteiger partial charge in [-0.05, 0) is 25.7 Å². The monoisotopic (exact) mass is 315 g/mol. The van der Waals surface area contributed by atoms with Crippen molar-refractivity contribution < 1.29 is 4.79 Å². The van der Waals surface area contributed by atoms with Crippen LogP contribution >= 0.6 is 12.4 Å². The summed E-state index contributed by atoms with van der Waals surface area (Å²) in [4.78, 5) is 12.1. The Kier molecular flexibility index (Phi) is 6.61. The third kappa shape index (κ3) is 3.95. The van der Waals surface area contributed by atoms with Crippen LogP contribution < -0.4 is 11.1 Å². The maximum atomic E-state index is 12.1. The molecule has 3 atom stereocenters. The summed E-state index contributed by atoms with van der Waals surface area (Å²) < 4.78 is 2.13. The quantitative estimate of drug-likeness (QED) is 0.864. The standard InChI is InChI=1S/C14H25N5O.ClH/c1-4-9(2)12(15)14(20)16-10(3)13-18-17-11-7-5-6-8-19(11)13;/h9-10,12H,4-8,15H2,1-3H3,(H,16,20);1H. The number of nitrogens with one attached hydrogen (secondary N) is 1. The SMILES string of the molecule is CCC(C)C(N)C(=O)NC(C)c1nnc2n1CCCC2.Cl. The summed E-state index contributed by atoms with van der Waals surface area (Å²) in [7, 11) is 0. The summed E-state index contributed by atoms with van der Waals surface area (Å²) in [5.41, 5.74) is 5.96. The molecule has 7 heteroatoms. The van der Waals surface area contributed by atoms with Gasteiger partial charge in [-0.2, -0.15) is 0 Å². The molecule has 21 heavy (non-hydrogen) atoms. The largest absolute Gasteiger partial charge is 0.345 e. The van der Waals surface area contributed by atoms with E-state index in [9.17, 15) is 4.79 Å². The van der Waals surface area contributed by atoms with Gasteiger partial charge in [-0.3, -0.25) is 4.79 Å². The molecule has 3 unspecified atom stereocenters. The molecule has 1 aromatic heterocycles. The first-order valence-corrected chi connectivity index (χ1v) is 7.52. The molecule has 0 saturated carbocycles. The first-order valence-electron chi connectivity index (χ1n) is 7.52. The van der Waals surface area contributed by atoms with Crippen LogP contribution in [0.3, 0.4) is 0 Å². The highest BCUT2D eigenvalue weighted by Crippen LogP contribution is 2.19. The average Bonchev–Trinajstić information content (AvgIpc) is 2.89. The molecule has 0 aliphatic carbocycles. The number of aryl methyl sites for hydroxylation is 1. The number of hydrogen-bond acceptors (Lipinski definition) is 4. The van der Waals surface area contributed by atoms with E-state index in [1.165, 1.54) is 0 Å². The molecule has 0 bridgehead atoms. The molecule has 1 amide bonds. The molecule has 0 radical (unpaired) electrons. The minimum atomic E-state index is -0.466. The number of aromatic nitrogens is 3. The lowest BCUT2D eigenvalue weighted by atomic mass is 9.99. The highest BCUT2D eigenvalue weighted by Gasteiger charge is 2.25. The van der Waals surface area contributed by atoms with Crippen LogP contribution in [0.15, 0.2) is 0 Å². The number of carbonyl (C=O) groups excluding carboxylic acids is 1. The number of fused-ring (bicyclic) bond motifs is 1. The van der Waals surface area contributed by atoms with Crippen molar-refractivity contribution in [3.05, 3.63) is 11.6 Å². The molecule has 2 heterocycles. The Labute approximate surface area is 132 Å². The molecule has 0 spiro atoms. The Morgan fingerprint density at radius 1 is 1.38 bits per heavy atom. The topological polar surface area (TPSA) is 85.8 Å². The Morgan fingerprint density at radius 3 is 2.76 bits per heavy atom. The van der Waals surface area contributed by atoms with E-state index in [-0.39, 0.29) is 30.3 Å². The van der Waals surface area contributed by atoms with Gasteiger partial charge in [0, 0.05) is 13.0 Å². The van der Waals surface area contributed by atoms with Gasteiger partial charge in [-0.15, -0.1) is 22.6 Å². The molecule has 1 aliphatic rings. The van der Waals surface area contributed by atoms with Crippen molar-refractivity contribution in [2.45, 2.75) is 65.1 Å².